The van der Waals surface area contributed by atoms with Crippen LogP contribution in [0.5, 0.6) is 11.6 Å². The van der Waals surface area contributed by atoms with E-state index in [1.165, 1.54) is 13.2 Å². The molecule has 2 N–H and O–H groups in total. The van der Waals surface area contributed by atoms with Crippen LogP contribution in [0.1, 0.15) is 10.4 Å². The standard InChI is InChI=1S/C16H12ClN3O3/c1-23-11-5-6-13-12(8-11)14(16(22)18-13)19-20-15(21)9-3-2-4-10(17)7-9/h2-8,18,22H,1H3. The molecule has 0 spiro atoms. The van der Waals surface area contributed by atoms with Gasteiger partial charge in [-0.1, -0.05) is 17.7 Å². The summed E-state index contributed by atoms with van der Waals surface area (Å²) in [4.78, 5) is 14.8. The van der Waals surface area contributed by atoms with Crippen LogP contribution in [-0.2, 0) is 0 Å². The first-order chi connectivity index (χ1) is 11.1. The van der Waals surface area contributed by atoms with Crippen molar-refractivity contribution in [2.75, 3.05) is 7.11 Å². The highest BCUT2D eigenvalue weighted by atomic mass is 35.5. The number of benzene rings is 2. The number of fused-ring (bicyclic) bond motifs is 1. The number of rotatable bonds is 3. The van der Waals surface area contributed by atoms with Gasteiger partial charge < -0.3 is 14.8 Å². The number of azo groups is 1. The van der Waals surface area contributed by atoms with Crippen LogP contribution in [0, 0.1) is 0 Å². The molecule has 0 aliphatic heterocycles. The number of nitrogens with one attached hydrogen (secondary N) is 1. The number of carbonyl (C=O) groups is 1. The van der Waals surface area contributed by atoms with Crippen LogP contribution in [0.3, 0.4) is 0 Å². The molecule has 3 aromatic rings. The molecule has 0 radical (unpaired) electrons. The molecule has 0 aliphatic rings. The highest BCUT2D eigenvalue weighted by Gasteiger charge is 2.12. The molecule has 6 nitrogen and oxygen atoms in total. The third-order valence-corrected chi connectivity index (χ3v) is 3.51. The Morgan fingerprint density at radius 3 is 2.83 bits per heavy atom. The van der Waals surface area contributed by atoms with Gasteiger partial charge in [0.05, 0.1) is 12.6 Å². The van der Waals surface area contributed by atoms with Gasteiger partial charge in [-0.25, -0.2) is 0 Å². The third kappa shape index (κ3) is 3.02. The molecule has 1 heterocycles. The van der Waals surface area contributed by atoms with Crippen molar-refractivity contribution in [2.45, 2.75) is 0 Å². The fourth-order valence-corrected chi connectivity index (χ4v) is 2.34. The van der Waals surface area contributed by atoms with Crippen molar-refractivity contribution in [3.05, 3.63) is 53.1 Å². The van der Waals surface area contributed by atoms with Crippen LogP contribution in [0.15, 0.2) is 52.7 Å². The van der Waals surface area contributed by atoms with Gasteiger partial charge >= 0.3 is 0 Å². The molecule has 0 fully saturated rings. The smallest absolute Gasteiger partial charge is 0.295 e. The molecule has 2 aromatic carbocycles. The van der Waals surface area contributed by atoms with Crippen molar-refractivity contribution in [1.29, 1.82) is 0 Å². The van der Waals surface area contributed by atoms with Crippen LogP contribution < -0.4 is 4.74 Å². The second-order valence-electron chi connectivity index (χ2n) is 4.75. The summed E-state index contributed by atoms with van der Waals surface area (Å²) in [5, 5.41) is 18.5. The van der Waals surface area contributed by atoms with E-state index >= 15 is 0 Å². The fraction of sp³-hybridized carbons (Fsp3) is 0.0625. The zero-order valence-electron chi connectivity index (χ0n) is 12.1. The van der Waals surface area contributed by atoms with Crippen LogP contribution in [0.2, 0.25) is 5.02 Å². The van der Waals surface area contributed by atoms with Gasteiger partial charge in [0, 0.05) is 16.0 Å². The summed E-state index contributed by atoms with van der Waals surface area (Å²) in [5.41, 5.74) is 1.15. The number of amides is 1. The average molecular weight is 330 g/mol. The first-order valence-electron chi connectivity index (χ1n) is 6.69. The number of ether oxygens (including phenoxy) is 1. The molecule has 1 amide bonds. The van der Waals surface area contributed by atoms with E-state index in [-0.39, 0.29) is 11.6 Å². The Bertz CT molecular complexity index is 918. The SMILES string of the molecule is COc1ccc2[nH]c(O)c(N=NC(=O)c3cccc(Cl)c3)c2c1. The number of aromatic hydroxyl groups is 1. The quantitative estimate of drug-likeness (QED) is 0.695. The Labute approximate surface area is 136 Å². The van der Waals surface area contributed by atoms with Gasteiger partial charge in [0.25, 0.3) is 5.91 Å². The van der Waals surface area contributed by atoms with Gasteiger partial charge in [0.2, 0.25) is 5.88 Å². The number of aromatic amines is 1. The van der Waals surface area contributed by atoms with E-state index in [9.17, 15) is 9.90 Å². The zero-order valence-corrected chi connectivity index (χ0v) is 12.8. The number of aromatic nitrogens is 1. The number of nitrogens with zero attached hydrogens (tertiary/aromatic N) is 2. The molecule has 0 unspecified atom stereocenters. The summed E-state index contributed by atoms with van der Waals surface area (Å²) in [6.07, 6.45) is 0. The fourth-order valence-electron chi connectivity index (χ4n) is 2.15. The molecule has 116 valence electrons. The number of carbonyl (C=O) groups excluding carboxylic acids is 1. The second-order valence-corrected chi connectivity index (χ2v) is 5.19. The topological polar surface area (TPSA) is 87.0 Å². The lowest BCUT2D eigenvalue weighted by molar-refractivity contribution is 0.0995. The zero-order chi connectivity index (χ0) is 16.4. The van der Waals surface area contributed by atoms with Crippen molar-refractivity contribution < 1.29 is 14.6 Å². The van der Waals surface area contributed by atoms with Crippen LogP contribution in [0.25, 0.3) is 10.9 Å². The lowest BCUT2D eigenvalue weighted by atomic mass is 10.2. The van der Waals surface area contributed by atoms with Crippen molar-refractivity contribution in [1.82, 2.24) is 4.98 Å². The molecule has 7 heteroatoms. The summed E-state index contributed by atoms with van der Waals surface area (Å²) in [6, 6.07) is 11.6. The summed E-state index contributed by atoms with van der Waals surface area (Å²) in [7, 11) is 1.54. The van der Waals surface area contributed by atoms with E-state index in [1.54, 1.807) is 36.4 Å². The average Bonchev–Trinajstić information content (AvgIpc) is 2.87. The lowest BCUT2D eigenvalue weighted by Crippen LogP contribution is -1.92. The molecule has 3 rings (SSSR count). The molecule has 1 aromatic heterocycles. The molecule has 23 heavy (non-hydrogen) atoms. The minimum atomic E-state index is -0.552. The second kappa shape index (κ2) is 6.10. The number of hydrogen-bond donors (Lipinski definition) is 2. The summed E-state index contributed by atoms with van der Waals surface area (Å²) in [5.74, 6) is -0.117. The predicted octanol–water partition coefficient (Wildman–Crippen LogP) is 4.46. The third-order valence-electron chi connectivity index (χ3n) is 3.27. The number of methoxy groups -OCH3 is 1. The van der Waals surface area contributed by atoms with E-state index in [0.29, 0.717) is 27.2 Å². The Kier molecular flexibility index (Phi) is 3.99. The van der Waals surface area contributed by atoms with Crippen molar-refractivity contribution in [3.8, 4) is 11.6 Å². The first-order valence-corrected chi connectivity index (χ1v) is 7.06. The minimum Gasteiger partial charge on any atom is -0.497 e. The van der Waals surface area contributed by atoms with Gasteiger partial charge in [-0.15, -0.1) is 10.2 Å². The monoisotopic (exact) mass is 329 g/mol. The van der Waals surface area contributed by atoms with Crippen molar-refractivity contribution >= 4 is 34.1 Å². The van der Waals surface area contributed by atoms with E-state index in [2.05, 4.69) is 15.2 Å². The molecule has 0 saturated heterocycles. The Hall–Kier alpha value is -2.86. The molecule has 0 bridgehead atoms. The highest BCUT2D eigenvalue weighted by Crippen LogP contribution is 2.37. The lowest BCUT2D eigenvalue weighted by Gasteiger charge is -1.99. The highest BCUT2D eigenvalue weighted by molar-refractivity contribution is 6.30. The number of halogens is 1. The number of hydrogen-bond acceptors (Lipinski definition) is 4. The summed E-state index contributed by atoms with van der Waals surface area (Å²) in [6.45, 7) is 0. The number of H-pyrrole nitrogens is 1. The van der Waals surface area contributed by atoms with Crippen LogP contribution in [-0.4, -0.2) is 23.1 Å². The van der Waals surface area contributed by atoms with E-state index in [1.807, 2.05) is 0 Å². The molecular formula is C16H12ClN3O3. The maximum Gasteiger partial charge on any atom is 0.295 e. The van der Waals surface area contributed by atoms with Crippen molar-refractivity contribution in [2.24, 2.45) is 10.2 Å². The normalized spacial score (nSPS) is 11.2. The Morgan fingerprint density at radius 2 is 2.09 bits per heavy atom. The van der Waals surface area contributed by atoms with Gasteiger partial charge in [-0.3, -0.25) is 4.79 Å². The van der Waals surface area contributed by atoms with E-state index in [4.69, 9.17) is 16.3 Å². The molecule has 0 aliphatic carbocycles. The first kappa shape index (κ1) is 15.1. The van der Waals surface area contributed by atoms with Crippen LogP contribution >= 0.6 is 11.6 Å². The van der Waals surface area contributed by atoms with E-state index < -0.39 is 5.91 Å². The Morgan fingerprint density at radius 1 is 1.26 bits per heavy atom. The van der Waals surface area contributed by atoms with Crippen molar-refractivity contribution in [3.63, 3.8) is 0 Å². The summed E-state index contributed by atoms with van der Waals surface area (Å²) < 4.78 is 5.15. The minimum absolute atomic E-state index is 0.170. The van der Waals surface area contributed by atoms with Gasteiger partial charge in [0.15, 0.2) is 5.69 Å². The van der Waals surface area contributed by atoms with Gasteiger partial charge in [0.1, 0.15) is 5.75 Å². The summed E-state index contributed by atoms with van der Waals surface area (Å²) >= 11 is 5.84. The maximum absolute atomic E-state index is 12.0. The largest absolute Gasteiger partial charge is 0.497 e. The predicted molar refractivity (Wildman–Crippen MR) is 86.8 cm³/mol. The van der Waals surface area contributed by atoms with Gasteiger partial charge in [-0.05, 0) is 36.4 Å². The Balaban J connectivity index is 1.97. The van der Waals surface area contributed by atoms with Crippen LogP contribution in [0.4, 0.5) is 5.69 Å². The molecular weight excluding hydrogens is 318 g/mol. The van der Waals surface area contributed by atoms with Gasteiger partial charge in [-0.2, -0.15) is 0 Å². The molecule has 0 atom stereocenters. The van der Waals surface area contributed by atoms with E-state index in [0.717, 1.165) is 0 Å². The molecule has 0 saturated carbocycles. The maximum atomic E-state index is 12.0.